The van der Waals surface area contributed by atoms with Gasteiger partial charge in [0.25, 0.3) is 5.91 Å². The maximum Gasteiger partial charge on any atom is 0.270 e. The van der Waals surface area contributed by atoms with Crippen molar-refractivity contribution < 1.29 is 4.79 Å². The van der Waals surface area contributed by atoms with Gasteiger partial charge in [0.1, 0.15) is 5.71 Å². The van der Waals surface area contributed by atoms with Gasteiger partial charge in [-0.15, -0.1) is 0 Å². The Morgan fingerprint density at radius 3 is 2.22 bits per heavy atom. The Bertz CT molecular complexity index is 1060. The molecule has 2 aromatic carbocycles. The largest absolute Gasteiger partial charge is 0.335 e. The summed E-state index contributed by atoms with van der Waals surface area (Å²) in [5.41, 5.74) is 3.88. The lowest BCUT2D eigenvalue weighted by Gasteiger charge is -2.34. The molecule has 0 radical (unpaired) electrons. The van der Waals surface area contributed by atoms with Crippen molar-refractivity contribution in [3.63, 3.8) is 0 Å². The van der Waals surface area contributed by atoms with Crippen LogP contribution in [0.4, 0.5) is 5.69 Å². The van der Waals surface area contributed by atoms with E-state index in [4.69, 9.17) is 5.10 Å². The van der Waals surface area contributed by atoms with Crippen molar-refractivity contribution in [2.75, 3.05) is 31.2 Å². The molecule has 5 rings (SSSR count). The highest BCUT2D eigenvalue weighted by molar-refractivity contribution is 6.39. The van der Waals surface area contributed by atoms with Crippen LogP contribution in [0.1, 0.15) is 23.7 Å². The second-order valence-corrected chi connectivity index (χ2v) is 8.25. The highest BCUT2D eigenvalue weighted by atomic mass is 16.2. The zero-order chi connectivity index (χ0) is 21.8. The minimum absolute atomic E-state index is 0.0306. The van der Waals surface area contributed by atoms with E-state index in [0.29, 0.717) is 25.2 Å². The van der Waals surface area contributed by atoms with Crippen LogP contribution in [0.15, 0.2) is 90.2 Å². The number of carbonyl (C=O) groups is 1. The first kappa shape index (κ1) is 20.4. The van der Waals surface area contributed by atoms with Crippen molar-refractivity contribution in [2.24, 2.45) is 5.10 Å². The van der Waals surface area contributed by atoms with E-state index in [1.165, 1.54) is 5.56 Å². The van der Waals surface area contributed by atoms with E-state index in [9.17, 15) is 4.79 Å². The van der Waals surface area contributed by atoms with Crippen molar-refractivity contribution in [1.29, 1.82) is 0 Å². The van der Waals surface area contributed by atoms with Crippen molar-refractivity contribution in [3.8, 4) is 0 Å². The van der Waals surface area contributed by atoms with Gasteiger partial charge in [-0.05, 0) is 29.8 Å². The molecule has 0 N–H and O–H groups in total. The minimum Gasteiger partial charge on any atom is -0.335 e. The number of piperazine rings is 1. The number of pyridine rings is 1. The predicted octanol–water partition coefficient (Wildman–Crippen LogP) is 3.73. The van der Waals surface area contributed by atoms with Crippen molar-refractivity contribution in [3.05, 3.63) is 96.3 Å². The van der Waals surface area contributed by atoms with Crippen LogP contribution in [0.3, 0.4) is 0 Å². The molecule has 1 atom stereocenters. The van der Waals surface area contributed by atoms with Crippen LogP contribution in [0, 0.1) is 0 Å². The van der Waals surface area contributed by atoms with Crippen LogP contribution >= 0.6 is 0 Å². The van der Waals surface area contributed by atoms with E-state index < -0.39 is 0 Å². The molecule has 1 amide bonds. The summed E-state index contributed by atoms with van der Waals surface area (Å²) in [6, 6.07) is 26.5. The highest BCUT2D eigenvalue weighted by Crippen LogP contribution is 2.35. The molecule has 162 valence electrons. The van der Waals surface area contributed by atoms with E-state index in [2.05, 4.69) is 22.0 Å². The summed E-state index contributed by atoms with van der Waals surface area (Å²) in [6.45, 7) is 3.94. The smallest absolute Gasteiger partial charge is 0.270 e. The molecule has 6 nitrogen and oxygen atoms in total. The Morgan fingerprint density at radius 1 is 0.844 bits per heavy atom. The van der Waals surface area contributed by atoms with Gasteiger partial charge in [-0.1, -0.05) is 54.6 Å². The molecule has 2 aliphatic heterocycles. The lowest BCUT2D eigenvalue weighted by molar-refractivity contribution is -0.125. The molecule has 0 spiro atoms. The molecular weight excluding hydrogens is 398 g/mol. The molecule has 32 heavy (non-hydrogen) atoms. The summed E-state index contributed by atoms with van der Waals surface area (Å²) in [4.78, 5) is 22.1. The normalized spacial score (nSPS) is 19.1. The monoisotopic (exact) mass is 425 g/mol. The quantitative estimate of drug-likeness (QED) is 0.625. The van der Waals surface area contributed by atoms with E-state index in [1.807, 2.05) is 82.8 Å². The number of carbonyl (C=O) groups excluding carboxylic acids is 1. The average Bonchev–Trinajstić information content (AvgIpc) is 3.31. The molecule has 1 fully saturated rings. The average molecular weight is 426 g/mol. The SMILES string of the molecule is O=C(C1=NN(c2ccccc2)[C@@H](c2ccccc2)C1)N1CCN(Cc2ccccn2)CC1. The van der Waals surface area contributed by atoms with Crippen LogP contribution in [-0.4, -0.2) is 52.6 Å². The summed E-state index contributed by atoms with van der Waals surface area (Å²) >= 11 is 0. The van der Waals surface area contributed by atoms with Gasteiger partial charge in [-0.25, -0.2) is 0 Å². The number of hydrogen-bond donors (Lipinski definition) is 0. The van der Waals surface area contributed by atoms with Gasteiger partial charge in [0.15, 0.2) is 0 Å². The number of para-hydroxylation sites is 1. The molecule has 3 aromatic rings. The molecule has 1 aromatic heterocycles. The van der Waals surface area contributed by atoms with E-state index in [0.717, 1.165) is 31.0 Å². The Morgan fingerprint density at radius 2 is 1.53 bits per heavy atom. The van der Waals surface area contributed by atoms with Gasteiger partial charge in [-0.3, -0.25) is 19.7 Å². The first-order chi connectivity index (χ1) is 15.8. The predicted molar refractivity (Wildman–Crippen MR) is 126 cm³/mol. The van der Waals surface area contributed by atoms with Crippen LogP contribution in [-0.2, 0) is 11.3 Å². The third kappa shape index (κ3) is 4.41. The van der Waals surface area contributed by atoms with Gasteiger partial charge in [0, 0.05) is 45.3 Å². The van der Waals surface area contributed by atoms with E-state index in [1.54, 1.807) is 0 Å². The Kier molecular flexibility index (Phi) is 5.94. The molecule has 2 aliphatic rings. The fourth-order valence-electron chi connectivity index (χ4n) is 4.41. The standard InChI is InChI=1S/C26H27N5O/c32-26(30-17-15-29(16-18-30)20-22-11-7-8-14-27-22)24-19-25(21-9-3-1-4-10-21)31(28-24)23-12-5-2-6-13-23/h1-14,25H,15-20H2/t25-/m1/s1. The number of rotatable bonds is 5. The maximum atomic E-state index is 13.4. The number of benzene rings is 2. The third-order valence-corrected chi connectivity index (χ3v) is 6.13. The third-order valence-electron chi connectivity index (χ3n) is 6.13. The number of hydrazone groups is 1. The molecule has 0 aliphatic carbocycles. The van der Waals surface area contributed by atoms with Gasteiger partial charge in [0.2, 0.25) is 0 Å². The second kappa shape index (κ2) is 9.32. The molecule has 6 heteroatoms. The number of aromatic nitrogens is 1. The summed E-state index contributed by atoms with van der Waals surface area (Å²) in [5.74, 6) is 0.0573. The summed E-state index contributed by atoms with van der Waals surface area (Å²) in [5, 5.41) is 6.81. The van der Waals surface area contributed by atoms with Gasteiger partial charge < -0.3 is 4.90 Å². The van der Waals surface area contributed by atoms with Crippen LogP contribution in [0.5, 0.6) is 0 Å². The molecule has 1 saturated heterocycles. The lowest BCUT2D eigenvalue weighted by atomic mass is 10.0. The van der Waals surface area contributed by atoms with Crippen molar-refractivity contribution >= 4 is 17.3 Å². The van der Waals surface area contributed by atoms with E-state index in [-0.39, 0.29) is 11.9 Å². The van der Waals surface area contributed by atoms with Crippen molar-refractivity contribution in [1.82, 2.24) is 14.8 Å². The topological polar surface area (TPSA) is 52.0 Å². The zero-order valence-corrected chi connectivity index (χ0v) is 18.0. The van der Waals surface area contributed by atoms with Crippen LogP contribution in [0.25, 0.3) is 0 Å². The van der Waals surface area contributed by atoms with Crippen molar-refractivity contribution in [2.45, 2.75) is 19.0 Å². The number of anilines is 1. The summed E-state index contributed by atoms with van der Waals surface area (Å²) in [7, 11) is 0. The first-order valence-electron chi connectivity index (χ1n) is 11.2. The molecular formula is C26H27N5O. The van der Waals surface area contributed by atoms with Crippen LogP contribution in [0.2, 0.25) is 0 Å². The fourth-order valence-corrected chi connectivity index (χ4v) is 4.41. The molecule has 0 unspecified atom stereocenters. The van der Waals surface area contributed by atoms with Gasteiger partial charge in [0.05, 0.1) is 17.4 Å². The maximum absolute atomic E-state index is 13.4. The van der Waals surface area contributed by atoms with Gasteiger partial charge >= 0.3 is 0 Å². The Labute approximate surface area is 188 Å². The number of hydrogen-bond acceptors (Lipinski definition) is 5. The van der Waals surface area contributed by atoms with Gasteiger partial charge in [-0.2, -0.15) is 5.10 Å². The number of amides is 1. The molecule has 0 bridgehead atoms. The van der Waals surface area contributed by atoms with Crippen LogP contribution < -0.4 is 5.01 Å². The molecule has 0 saturated carbocycles. The summed E-state index contributed by atoms with van der Waals surface area (Å²) < 4.78 is 0. The number of nitrogens with zero attached hydrogens (tertiary/aromatic N) is 5. The molecule has 3 heterocycles. The lowest BCUT2D eigenvalue weighted by Crippen LogP contribution is -2.50. The Balaban J connectivity index is 1.28. The second-order valence-electron chi connectivity index (χ2n) is 8.25. The van der Waals surface area contributed by atoms with E-state index >= 15 is 0 Å². The Hall–Kier alpha value is -3.51. The fraction of sp³-hybridized carbons (Fsp3) is 0.269. The first-order valence-corrected chi connectivity index (χ1v) is 11.2. The summed E-state index contributed by atoms with van der Waals surface area (Å²) in [6.07, 6.45) is 2.45. The highest BCUT2D eigenvalue weighted by Gasteiger charge is 2.35. The minimum atomic E-state index is 0.0306. The zero-order valence-electron chi connectivity index (χ0n) is 18.0.